The van der Waals surface area contributed by atoms with E-state index in [9.17, 15) is 19.3 Å². The smallest absolute Gasteiger partial charge is 0.269 e. The van der Waals surface area contributed by atoms with Crippen LogP contribution in [0.2, 0.25) is 0 Å². The zero-order valence-corrected chi connectivity index (χ0v) is 15.6. The molecular weight excluding hydrogens is 365 g/mol. The van der Waals surface area contributed by atoms with Crippen LogP contribution in [0, 0.1) is 15.9 Å². The lowest BCUT2D eigenvalue weighted by Crippen LogP contribution is -2.51. The summed E-state index contributed by atoms with van der Waals surface area (Å²) in [6.45, 7) is 4.86. The SMILES string of the molecule is CC(Oc1ccc([N+](=O)[O-])cc1)C(=O)N1CCN(Cc2cccc(F)c2)CC1. The van der Waals surface area contributed by atoms with Gasteiger partial charge in [-0.2, -0.15) is 0 Å². The third-order valence-electron chi connectivity index (χ3n) is 4.69. The molecule has 1 atom stereocenters. The van der Waals surface area contributed by atoms with Gasteiger partial charge in [0.15, 0.2) is 6.10 Å². The van der Waals surface area contributed by atoms with Crippen LogP contribution in [-0.2, 0) is 11.3 Å². The van der Waals surface area contributed by atoms with Crippen molar-refractivity contribution in [1.29, 1.82) is 0 Å². The van der Waals surface area contributed by atoms with Crippen molar-refractivity contribution in [3.63, 3.8) is 0 Å². The van der Waals surface area contributed by atoms with Gasteiger partial charge in [0.1, 0.15) is 11.6 Å². The van der Waals surface area contributed by atoms with E-state index >= 15 is 0 Å². The van der Waals surface area contributed by atoms with E-state index in [0.717, 1.165) is 5.56 Å². The number of nitro groups is 1. The second kappa shape index (κ2) is 8.79. The van der Waals surface area contributed by atoms with E-state index in [1.54, 1.807) is 17.9 Å². The maximum Gasteiger partial charge on any atom is 0.269 e. The van der Waals surface area contributed by atoms with Gasteiger partial charge in [0.05, 0.1) is 4.92 Å². The van der Waals surface area contributed by atoms with E-state index < -0.39 is 11.0 Å². The Morgan fingerprint density at radius 1 is 1.18 bits per heavy atom. The molecule has 1 unspecified atom stereocenters. The average Bonchev–Trinajstić information content (AvgIpc) is 2.68. The van der Waals surface area contributed by atoms with Crippen LogP contribution >= 0.6 is 0 Å². The third-order valence-corrected chi connectivity index (χ3v) is 4.69. The number of piperazine rings is 1. The van der Waals surface area contributed by atoms with Gasteiger partial charge in [-0.3, -0.25) is 19.8 Å². The molecule has 0 N–H and O–H groups in total. The highest BCUT2D eigenvalue weighted by molar-refractivity contribution is 5.81. The van der Waals surface area contributed by atoms with Gasteiger partial charge < -0.3 is 9.64 Å². The van der Waals surface area contributed by atoms with Gasteiger partial charge in [-0.15, -0.1) is 0 Å². The zero-order valence-electron chi connectivity index (χ0n) is 15.6. The lowest BCUT2D eigenvalue weighted by atomic mass is 10.2. The van der Waals surface area contributed by atoms with Crippen LogP contribution < -0.4 is 4.74 Å². The quantitative estimate of drug-likeness (QED) is 0.563. The molecule has 0 spiro atoms. The van der Waals surface area contributed by atoms with Crippen LogP contribution in [0.4, 0.5) is 10.1 Å². The Balaban J connectivity index is 1.49. The number of hydrogen-bond donors (Lipinski definition) is 0. The molecule has 1 aliphatic heterocycles. The number of amides is 1. The minimum absolute atomic E-state index is 0.0271. The highest BCUT2D eigenvalue weighted by Crippen LogP contribution is 2.19. The van der Waals surface area contributed by atoms with Gasteiger partial charge in [0.25, 0.3) is 11.6 Å². The highest BCUT2D eigenvalue weighted by atomic mass is 19.1. The predicted molar refractivity (Wildman–Crippen MR) is 101 cm³/mol. The topological polar surface area (TPSA) is 75.9 Å². The van der Waals surface area contributed by atoms with E-state index in [2.05, 4.69) is 4.90 Å². The summed E-state index contributed by atoms with van der Waals surface area (Å²) in [4.78, 5) is 26.7. The second-order valence-electron chi connectivity index (χ2n) is 6.74. The second-order valence-corrected chi connectivity index (χ2v) is 6.74. The summed E-state index contributed by atoms with van der Waals surface area (Å²) < 4.78 is 18.9. The first-order valence-corrected chi connectivity index (χ1v) is 9.09. The molecule has 1 fully saturated rings. The Labute approximate surface area is 162 Å². The van der Waals surface area contributed by atoms with Crippen LogP contribution in [0.15, 0.2) is 48.5 Å². The Morgan fingerprint density at radius 3 is 2.46 bits per heavy atom. The molecule has 1 saturated heterocycles. The lowest BCUT2D eigenvalue weighted by Gasteiger charge is -2.35. The number of hydrogen-bond acceptors (Lipinski definition) is 5. The van der Waals surface area contributed by atoms with Crippen molar-refractivity contribution in [2.24, 2.45) is 0 Å². The summed E-state index contributed by atoms with van der Waals surface area (Å²) in [7, 11) is 0. The molecule has 0 bridgehead atoms. The van der Waals surface area contributed by atoms with Crippen LogP contribution in [0.1, 0.15) is 12.5 Å². The molecule has 1 aliphatic rings. The molecule has 8 heteroatoms. The monoisotopic (exact) mass is 387 g/mol. The van der Waals surface area contributed by atoms with Crippen molar-refractivity contribution < 1.29 is 18.8 Å². The van der Waals surface area contributed by atoms with Crippen LogP contribution in [-0.4, -0.2) is 52.9 Å². The maximum absolute atomic E-state index is 13.3. The van der Waals surface area contributed by atoms with E-state index in [-0.39, 0.29) is 17.4 Å². The van der Waals surface area contributed by atoms with Gasteiger partial charge >= 0.3 is 0 Å². The minimum atomic E-state index is -0.684. The fourth-order valence-electron chi connectivity index (χ4n) is 3.18. The molecule has 28 heavy (non-hydrogen) atoms. The first-order valence-electron chi connectivity index (χ1n) is 9.09. The number of carbonyl (C=O) groups excluding carboxylic acids is 1. The first-order chi connectivity index (χ1) is 13.4. The Kier molecular flexibility index (Phi) is 6.20. The van der Waals surface area contributed by atoms with Gasteiger partial charge in [0.2, 0.25) is 0 Å². The van der Waals surface area contributed by atoms with Crippen molar-refractivity contribution in [3.05, 3.63) is 70.0 Å². The molecule has 0 aliphatic carbocycles. The Morgan fingerprint density at radius 2 is 1.86 bits per heavy atom. The van der Waals surface area contributed by atoms with E-state index in [1.165, 1.54) is 36.4 Å². The maximum atomic E-state index is 13.3. The molecule has 148 valence electrons. The van der Waals surface area contributed by atoms with Crippen LogP contribution in [0.25, 0.3) is 0 Å². The molecule has 1 heterocycles. The summed E-state index contributed by atoms with van der Waals surface area (Å²) in [6, 6.07) is 12.2. The van der Waals surface area contributed by atoms with Crippen molar-refractivity contribution >= 4 is 11.6 Å². The lowest BCUT2D eigenvalue weighted by molar-refractivity contribution is -0.384. The van der Waals surface area contributed by atoms with E-state index in [0.29, 0.717) is 38.5 Å². The summed E-state index contributed by atoms with van der Waals surface area (Å²) in [6.07, 6.45) is -0.684. The fourth-order valence-corrected chi connectivity index (χ4v) is 3.18. The van der Waals surface area contributed by atoms with Crippen molar-refractivity contribution in [3.8, 4) is 5.75 Å². The van der Waals surface area contributed by atoms with Gasteiger partial charge in [-0.25, -0.2) is 4.39 Å². The number of carbonyl (C=O) groups is 1. The van der Waals surface area contributed by atoms with E-state index in [4.69, 9.17) is 4.74 Å². The predicted octanol–water partition coefficient (Wildman–Crippen LogP) is 2.85. The van der Waals surface area contributed by atoms with Crippen molar-refractivity contribution in [1.82, 2.24) is 9.80 Å². The number of ether oxygens (including phenoxy) is 1. The molecule has 0 radical (unpaired) electrons. The fraction of sp³-hybridized carbons (Fsp3) is 0.350. The largest absolute Gasteiger partial charge is 0.481 e. The van der Waals surface area contributed by atoms with Crippen LogP contribution in [0.3, 0.4) is 0 Å². The molecule has 2 aromatic rings. The number of halogens is 1. The summed E-state index contributed by atoms with van der Waals surface area (Å²) in [5, 5.41) is 10.7. The average molecular weight is 387 g/mol. The van der Waals surface area contributed by atoms with E-state index in [1.807, 2.05) is 6.07 Å². The third kappa shape index (κ3) is 5.04. The number of rotatable bonds is 6. The molecule has 1 amide bonds. The molecule has 0 aromatic heterocycles. The summed E-state index contributed by atoms with van der Waals surface area (Å²) >= 11 is 0. The van der Waals surface area contributed by atoms with Gasteiger partial charge in [0, 0.05) is 44.9 Å². The highest BCUT2D eigenvalue weighted by Gasteiger charge is 2.26. The van der Waals surface area contributed by atoms with Crippen molar-refractivity contribution in [2.75, 3.05) is 26.2 Å². The molecule has 0 saturated carbocycles. The molecule has 7 nitrogen and oxygen atoms in total. The summed E-state index contributed by atoms with van der Waals surface area (Å²) in [5.41, 5.74) is 0.885. The number of benzene rings is 2. The van der Waals surface area contributed by atoms with Gasteiger partial charge in [-0.1, -0.05) is 12.1 Å². The molecular formula is C20H22FN3O4. The Bertz CT molecular complexity index is 836. The normalized spacial score (nSPS) is 15.9. The number of non-ortho nitro benzene ring substituents is 1. The standard InChI is InChI=1S/C20H22FN3O4/c1-15(28-19-7-5-18(6-8-19)24(26)27)20(25)23-11-9-22(10-12-23)14-16-3-2-4-17(21)13-16/h2-8,13,15H,9-12,14H2,1H3. The number of nitro benzene ring substituents is 1. The molecule has 3 rings (SSSR count). The summed E-state index contributed by atoms with van der Waals surface area (Å²) in [5.74, 6) is 0.0449. The van der Waals surface area contributed by atoms with Gasteiger partial charge in [-0.05, 0) is 36.8 Å². The Hall–Kier alpha value is -3.00. The molecule has 2 aromatic carbocycles. The minimum Gasteiger partial charge on any atom is -0.481 e. The van der Waals surface area contributed by atoms with Crippen LogP contribution in [0.5, 0.6) is 5.75 Å². The zero-order chi connectivity index (χ0) is 20.1. The first kappa shape index (κ1) is 19.8. The number of nitrogens with zero attached hydrogens (tertiary/aromatic N) is 3. The van der Waals surface area contributed by atoms with Crippen molar-refractivity contribution in [2.45, 2.75) is 19.6 Å².